The lowest BCUT2D eigenvalue weighted by Gasteiger charge is -2.24. The molecule has 1 aliphatic carbocycles. The van der Waals surface area contributed by atoms with Crippen LogP contribution in [0.15, 0.2) is 42.5 Å². The van der Waals surface area contributed by atoms with E-state index in [1.807, 2.05) is 24.3 Å². The van der Waals surface area contributed by atoms with Crippen LogP contribution in [0.4, 0.5) is 10.5 Å². The zero-order chi connectivity index (χ0) is 23.0. The van der Waals surface area contributed by atoms with Crippen LogP contribution in [0.2, 0.25) is 0 Å². The number of rotatable bonds is 5. The maximum atomic E-state index is 12.4. The number of nitro benzene ring substituents is 1. The monoisotopic (exact) mass is 434 g/mol. The summed E-state index contributed by atoms with van der Waals surface area (Å²) in [5, 5.41) is 12.0. The normalized spacial score (nSPS) is 16.0. The molecule has 0 radical (unpaired) electrons. The van der Waals surface area contributed by atoms with Crippen molar-refractivity contribution < 1.29 is 19.2 Å². The number of hydrogen-bond acceptors (Lipinski definition) is 5. The predicted octanol–water partition coefficient (Wildman–Crippen LogP) is 5.59. The Hall–Kier alpha value is -3.48. The Balaban J connectivity index is 1.72. The molecule has 0 spiro atoms. The van der Waals surface area contributed by atoms with E-state index in [-0.39, 0.29) is 29.9 Å². The highest BCUT2D eigenvalue weighted by Gasteiger charge is 2.32. The first-order chi connectivity index (χ1) is 15.2. The van der Waals surface area contributed by atoms with Gasteiger partial charge >= 0.3 is 6.09 Å². The second-order valence-corrected chi connectivity index (χ2v) is 9.29. The van der Waals surface area contributed by atoms with Gasteiger partial charge in [-0.15, -0.1) is 0 Å². The number of amides is 1. The maximum Gasteiger partial charge on any atom is 0.410 e. The molecule has 2 aromatic rings. The summed E-state index contributed by atoms with van der Waals surface area (Å²) in [6, 6.07) is 11.1. The molecule has 1 aliphatic heterocycles. The van der Waals surface area contributed by atoms with Gasteiger partial charge in [-0.3, -0.25) is 14.9 Å². The van der Waals surface area contributed by atoms with Gasteiger partial charge in [0.15, 0.2) is 6.29 Å². The summed E-state index contributed by atoms with van der Waals surface area (Å²) in [5.74, 6) is 0.463. The van der Waals surface area contributed by atoms with Gasteiger partial charge in [0.05, 0.1) is 10.5 Å². The fraction of sp³-hybridized carbons (Fsp3) is 0.360. The third-order valence-electron chi connectivity index (χ3n) is 5.65. The van der Waals surface area contributed by atoms with Gasteiger partial charge in [-0.05, 0) is 67.9 Å². The highest BCUT2D eigenvalue weighted by Crippen LogP contribution is 2.45. The van der Waals surface area contributed by atoms with Crippen LogP contribution >= 0.6 is 0 Å². The minimum atomic E-state index is -0.642. The van der Waals surface area contributed by atoms with Crippen molar-refractivity contribution in [2.45, 2.75) is 45.1 Å². The summed E-state index contributed by atoms with van der Waals surface area (Å²) >= 11 is 0. The molecule has 0 unspecified atom stereocenters. The molecule has 166 valence electrons. The average Bonchev–Trinajstić information content (AvgIpc) is 3.47. The van der Waals surface area contributed by atoms with Crippen molar-refractivity contribution in [1.82, 2.24) is 4.90 Å². The fourth-order valence-electron chi connectivity index (χ4n) is 4.10. The molecule has 0 aromatic heterocycles. The maximum absolute atomic E-state index is 12.4. The molecule has 7 nitrogen and oxygen atoms in total. The van der Waals surface area contributed by atoms with Crippen LogP contribution in [0.25, 0.3) is 16.7 Å². The van der Waals surface area contributed by atoms with E-state index in [9.17, 15) is 19.7 Å². The molecule has 1 heterocycles. The van der Waals surface area contributed by atoms with E-state index >= 15 is 0 Å². The van der Waals surface area contributed by atoms with Crippen molar-refractivity contribution in [3.8, 4) is 11.1 Å². The van der Waals surface area contributed by atoms with Crippen molar-refractivity contribution in [2.75, 3.05) is 13.1 Å². The van der Waals surface area contributed by atoms with Crippen LogP contribution in [0, 0.1) is 10.1 Å². The van der Waals surface area contributed by atoms with Gasteiger partial charge in [-0.1, -0.05) is 30.3 Å². The zero-order valence-corrected chi connectivity index (χ0v) is 18.5. The summed E-state index contributed by atoms with van der Waals surface area (Å²) in [4.78, 5) is 37.5. The number of hydrogen-bond donors (Lipinski definition) is 0. The summed E-state index contributed by atoms with van der Waals surface area (Å²) < 4.78 is 5.41. The Kier molecular flexibility index (Phi) is 5.59. The Bertz CT molecular complexity index is 1130. The summed E-state index contributed by atoms with van der Waals surface area (Å²) in [6.45, 7) is 5.76. The number of aldehydes is 1. The number of nitro groups is 1. The summed E-state index contributed by atoms with van der Waals surface area (Å²) in [5.41, 5.74) is 3.05. The molecule has 2 aliphatic rings. The van der Waals surface area contributed by atoms with E-state index in [1.165, 1.54) is 4.90 Å². The van der Waals surface area contributed by atoms with E-state index < -0.39 is 16.6 Å². The van der Waals surface area contributed by atoms with E-state index in [0.717, 1.165) is 24.0 Å². The largest absolute Gasteiger partial charge is 0.444 e. The second-order valence-electron chi connectivity index (χ2n) is 9.29. The molecule has 0 saturated heterocycles. The number of carbonyl (C=O) groups excluding carboxylic acids is 2. The van der Waals surface area contributed by atoms with Gasteiger partial charge in [0.1, 0.15) is 5.60 Å². The lowest BCUT2D eigenvalue weighted by molar-refractivity contribution is -0.385. The van der Waals surface area contributed by atoms with Crippen molar-refractivity contribution in [3.63, 3.8) is 0 Å². The van der Waals surface area contributed by atoms with Crippen LogP contribution in [0.1, 0.15) is 61.0 Å². The molecule has 1 saturated carbocycles. The second kappa shape index (κ2) is 8.22. The van der Waals surface area contributed by atoms with Crippen molar-refractivity contribution in [3.05, 3.63) is 69.3 Å². The van der Waals surface area contributed by atoms with E-state index in [2.05, 4.69) is 0 Å². The molecule has 32 heavy (non-hydrogen) atoms. The first kappa shape index (κ1) is 21.7. The SMILES string of the molecule is CC(C)(C)OC(=O)N1CC=C(c2c(C=O)cc(-c3ccccc3C3CC3)cc2[N+](=O)[O-])C1. The molecular formula is C25H26N2O5. The van der Waals surface area contributed by atoms with Gasteiger partial charge in [-0.2, -0.15) is 0 Å². The smallest absolute Gasteiger partial charge is 0.410 e. The average molecular weight is 434 g/mol. The molecule has 0 N–H and O–H groups in total. The lowest BCUT2D eigenvalue weighted by atomic mass is 9.91. The highest BCUT2D eigenvalue weighted by molar-refractivity contribution is 5.94. The third-order valence-corrected chi connectivity index (χ3v) is 5.65. The van der Waals surface area contributed by atoms with Crippen molar-refractivity contribution in [2.24, 2.45) is 0 Å². The molecule has 1 amide bonds. The number of nitrogens with zero attached hydrogens (tertiary/aromatic N) is 2. The Morgan fingerprint density at radius 2 is 1.94 bits per heavy atom. The van der Waals surface area contributed by atoms with Gasteiger partial charge in [0.2, 0.25) is 0 Å². The quantitative estimate of drug-likeness (QED) is 0.348. The standard InChI is InChI=1S/C25H26N2O5/c1-25(2,3)32-24(29)26-11-10-17(14-26)23-19(15-28)12-18(13-22(23)27(30)31)21-7-5-4-6-20(21)16-8-9-16/h4-7,10,12-13,15-16H,8-9,11,14H2,1-3H3. The van der Waals surface area contributed by atoms with Crippen LogP contribution in [-0.4, -0.2) is 40.9 Å². The minimum Gasteiger partial charge on any atom is -0.444 e. The Labute approximate surface area is 186 Å². The number of benzene rings is 2. The highest BCUT2D eigenvalue weighted by atomic mass is 16.6. The summed E-state index contributed by atoms with van der Waals surface area (Å²) in [7, 11) is 0. The number of carbonyl (C=O) groups is 2. The first-order valence-corrected chi connectivity index (χ1v) is 10.7. The van der Waals surface area contributed by atoms with Crippen LogP contribution in [0.5, 0.6) is 0 Å². The molecule has 1 fully saturated rings. The van der Waals surface area contributed by atoms with Gasteiger partial charge in [0.25, 0.3) is 5.69 Å². The van der Waals surface area contributed by atoms with Crippen LogP contribution in [-0.2, 0) is 4.74 Å². The molecule has 0 atom stereocenters. The Morgan fingerprint density at radius 3 is 2.56 bits per heavy atom. The summed E-state index contributed by atoms with van der Waals surface area (Å²) in [6.07, 6.45) is 4.12. The first-order valence-electron chi connectivity index (χ1n) is 10.7. The van der Waals surface area contributed by atoms with Gasteiger partial charge < -0.3 is 9.64 Å². The van der Waals surface area contributed by atoms with E-state index in [0.29, 0.717) is 23.3 Å². The third kappa shape index (κ3) is 4.42. The van der Waals surface area contributed by atoms with E-state index in [1.54, 1.807) is 39.0 Å². The van der Waals surface area contributed by atoms with Crippen LogP contribution < -0.4 is 0 Å². The molecule has 7 heteroatoms. The van der Waals surface area contributed by atoms with Crippen molar-refractivity contribution >= 4 is 23.6 Å². The molecule has 2 aromatic carbocycles. The Morgan fingerprint density at radius 1 is 1.22 bits per heavy atom. The van der Waals surface area contributed by atoms with Gasteiger partial charge in [-0.25, -0.2) is 4.79 Å². The van der Waals surface area contributed by atoms with E-state index in [4.69, 9.17) is 4.74 Å². The fourth-order valence-corrected chi connectivity index (χ4v) is 4.10. The molecular weight excluding hydrogens is 408 g/mol. The lowest BCUT2D eigenvalue weighted by Crippen LogP contribution is -2.35. The minimum absolute atomic E-state index is 0.132. The number of ether oxygens (including phenoxy) is 1. The molecule has 0 bridgehead atoms. The van der Waals surface area contributed by atoms with Crippen molar-refractivity contribution in [1.29, 1.82) is 0 Å². The molecule has 4 rings (SSSR count). The van der Waals surface area contributed by atoms with Gasteiger partial charge in [0, 0.05) is 24.7 Å². The topological polar surface area (TPSA) is 89.8 Å². The zero-order valence-electron chi connectivity index (χ0n) is 18.5. The predicted molar refractivity (Wildman–Crippen MR) is 122 cm³/mol. The van der Waals surface area contributed by atoms with Crippen LogP contribution in [0.3, 0.4) is 0 Å².